The zero-order valence-corrected chi connectivity index (χ0v) is 16.7. The summed E-state index contributed by atoms with van der Waals surface area (Å²) in [5.74, 6) is -0.258. The van der Waals surface area contributed by atoms with Gasteiger partial charge in [0.05, 0.1) is 16.3 Å². The molecule has 0 aliphatic carbocycles. The van der Waals surface area contributed by atoms with Crippen LogP contribution in [0.1, 0.15) is 22.8 Å². The molecule has 2 aromatic rings. The van der Waals surface area contributed by atoms with Crippen LogP contribution in [-0.2, 0) is 4.79 Å². The van der Waals surface area contributed by atoms with Crippen LogP contribution in [0.3, 0.4) is 0 Å². The summed E-state index contributed by atoms with van der Waals surface area (Å²) < 4.78 is 5.66. The number of carbonyl (C=O) groups excluding carboxylic acids is 2. The Morgan fingerprint density at radius 2 is 1.93 bits per heavy atom. The number of hydrogen-bond acceptors (Lipinski definition) is 4. The fourth-order valence-electron chi connectivity index (χ4n) is 2.25. The molecule has 2 amide bonds. The predicted octanol–water partition coefficient (Wildman–Crippen LogP) is 3.16. The minimum absolute atomic E-state index is 0. The number of ether oxygens (including phenoxy) is 1. The van der Waals surface area contributed by atoms with Crippen LogP contribution in [0, 0.1) is 6.92 Å². The van der Waals surface area contributed by atoms with E-state index >= 15 is 0 Å². The Morgan fingerprint density at radius 1 is 1.22 bits per heavy atom. The van der Waals surface area contributed by atoms with Crippen molar-refractivity contribution in [2.75, 3.05) is 18.4 Å². The average molecular weight is 412 g/mol. The molecule has 27 heavy (non-hydrogen) atoms. The van der Waals surface area contributed by atoms with E-state index in [1.165, 1.54) is 0 Å². The summed E-state index contributed by atoms with van der Waals surface area (Å²) >= 11 is 6.10. The molecule has 0 aromatic heterocycles. The van der Waals surface area contributed by atoms with Gasteiger partial charge < -0.3 is 21.1 Å². The molecule has 1 unspecified atom stereocenters. The summed E-state index contributed by atoms with van der Waals surface area (Å²) in [4.78, 5) is 24.7. The van der Waals surface area contributed by atoms with E-state index in [1.807, 2.05) is 13.0 Å². The quantitative estimate of drug-likeness (QED) is 0.651. The highest BCUT2D eigenvalue weighted by Gasteiger charge is 2.19. The first-order chi connectivity index (χ1) is 12.4. The number of nitrogens with one attached hydrogen (secondary N) is 2. The summed E-state index contributed by atoms with van der Waals surface area (Å²) in [6, 6.07) is 12.1. The van der Waals surface area contributed by atoms with Gasteiger partial charge in [-0.05, 0) is 43.7 Å². The van der Waals surface area contributed by atoms with Gasteiger partial charge in [0, 0.05) is 13.1 Å². The highest BCUT2D eigenvalue weighted by molar-refractivity contribution is 6.32. The van der Waals surface area contributed by atoms with Gasteiger partial charge in [0.1, 0.15) is 5.75 Å². The lowest BCUT2D eigenvalue weighted by atomic mass is 10.1. The second-order valence-electron chi connectivity index (χ2n) is 5.77. The second-order valence-corrected chi connectivity index (χ2v) is 6.18. The van der Waals surface area contributed by atoms with E-state index in [2.05, 4.69) is 10.6 Å². The summed E-state index contributed by atoms with van der Waals surface area (Å²) in [5.41, 5.74) is 7.13. The monoisotopic (exact) mass is 411 g/mol. The van der Waals surface area contributed by atoms with E-state index in [9.17, 15) is 9.59 Å². The minimum Gasteiger partial charge on any atom is -0.479 e. The van der Waals surface area contributed by atoms with Crippen LogP contribution in [-0.4, -0.2) is 31.0 Å². The Balaban J connectivity index is 0.00000364. The smallest absolute Gasteiger partial charge is 0.265 e. The molecule has 8 heteroatoms. The third-order valence-electron chi connectivity index (χ3n) is 3.62. The molecular formula is C19H23Cl2N3O3. The van der Waals surface area contributed by atoms with Gasteiger partial charge in [-0.25, -0.2) is 0 Å². The molecule has 0 spiro atoms. The predicted molar refractivity (Wildman–Crippen MR) is 110 cm³/mol. The van der Waals surface area contributed by atoms with Crippen molar-refractivity contribution in [3.05, 3.63) is 58.6 Å². The molecular weight excluding hydrogens is 389 g/mol. The molecule has 2 rings (SSSR count). The molecule has 4 N–H and O–H groups in total. The van der Waals surface area contributed by atoms with Crippen molar-refractivity contribution >= 4 is 41.5 Å². The van der Waals surface area contributed by atoms with E-state index in [1.54, 1.807) is 43.3 Å². The van der Waals surface area contributed by atoms with Crippen LogP contribution in [0.15, 0.2) is 42.5 Å². The van der Waals surface area contributed by atoms with Gasteiger partial charge in [-0.2, -0.15) is 0 Å². The molecule has 0 aliphatic heterocycles. The zero-order chi connectivity index (χ0) is 19.1. The maximum absolute atomic E-state index is 12.5. The number of rotatable bonds is 7. The fourth-order valence-corrected chi connectivity index (χ4v) is 2.41. The molecule has 1 atom stereocenters. The van der Waals surface area contributed by atoms with Crippen molar-refractivity contribution in [3.8, 4) is 5.75 Å². The third kappa shape index (κ3) is 6.43. The number of amides is 2. The first-order valence-corrected chi connectivity index (χ1v) is 8.61. The van der Waals surface area contributed by atoms with Gasteiger partial charge in [0.2, 0.25) is 0 Å². The Kier molecular flexibility index (Phi) is 9.08. The summed E-state index contributed by atoms with van der Waals surface area (Å²) in [5, 5.41) is 5.83. The summed E-state index contributed by atoms with van der Waals surface area (Å²) in [6.07, 6.45) is -0.797. The largest absolute Gasteiger partial charge is 0.479 e. The molecule has 0 aliphatic rings. The van der Waals surface area contributed by atoms with E-state index in [0.717, 1.165) is 5.56 Å². The highest BCUT2D eigenvalue weighted by atomic mass is 35.5. The van der Waals surface area contributed by atoms with Crippen LogP contribution < -0.4 is 21.1 Å². The number of halogens is 2. The normalized spacial score (nSPS) is 11.1. The molecule has 6 nitrogen and oxygen atoms in total. The van der Waals surface area contributed by atoms with Crippen LogP contribution in [0.5, 0.6) is 5.75 Å². The van der Waals surface area contributed by atoms with Crippen molar-refractivity contribution in [1.82, 2.24) is 5.32 Å². The fraction of sp³-hybridized carbons (Fsp3) is 0.263. The first-order valence-electron chi connectivity index (χ1n) is 8.23. The zero-order valence-electron chi connectivity index (χ0n) is 15.1. The Morgan fingerprint density at radius 3 is 2.63 bits per heavy atom. The third-order valence-corrected chi connectivity index (χ3v) is 3.93. The number of anilines is 1. The molecule has 0 bridgehead atoms. The second kappa shape index (κ2) is 10.8. The van der Waals surface area contributed by atoms with Gasteiger partial charge in [-0.1, -0.05) is 29.8 Å². The van der Waals surface area contributed by atoms with Crippen molar-refractivity contribution in [2.45, 2.75) is 20.0 Å². The van der Waals surface area contributed by atoms with Gasteiger partial charge in [0.25, 0.3) is 11.8 Å². The van der Waals surface area contributed by atoms with Crippen LogP contribution in [0.2, 0.25) is 5.02 Å². The lowest BCUT2D eigenvalue weighted by Crippen LogP contribution is -2.33. The van der Waals surface area contributed by atoms with Crippen molar-refractivity contribution in [1.29, 1.82) is 0 Å². The topological polar surface area (TPSA) is 93.4 Å². The number of nitrogens with two attached hydrogens (primary N) is 1. The molecule has 0 radical (unpaired) electrons. The molecule has 0 saturated heterocycles. The van der Waals surface area contributed by atoms with Gasteiger partial charge >= 0.3 is 0 Å². The highest BCUT2D eigenvalue weighted by Crippen LogP contribution is 2.26. The van der Waals surface area contributed by atoms with Gasteiger partial charge in [0.15, 0.2) is 6.10 Å². The van der Waals surface area contributed by atoms with Crippen molar-refractivity contribution < 1.29 is 14.3 Å². The van der Waals surface area contributed by atoms with Gasteiger partial charge in [-0.3, -0.25) is 9.59 Å². The number of aryl methyl sites for hydroxylation is 1. The van der Waals surface area contributed by atoms with Crippen molar-refractivity contribution in [2.24, 2.45) is 5.73 Å². The average Bonchev–Trinajstić information content (AvgIpc) is 2.63. The Hall–Kier alpha value is -2.28. The van der Waals surface area contributed by atoms with E-state index in [-0.39, 0.29) is 24.2 Å². The maximum atomic E-state index is 12.5. The molecule has 2 aromatic carbocycles. The number of carbonyl (C=O) groups is 2. The summed E-state index contributed by atoms with van der Waals surface area (Å²) in [7, 11) is 0. The number of benzene rings is 2. The van der Waals surface area contributed by atoms with Crippen LogP contribution >= 0.6 is 24.0 Å². The molecule has 146 valence electrons. The SMILES string of the molecule is Cc1ccc(Cl)c(OC(C)C(=O)Nc2ccccc2C(=O)NCCN)c1.Cl. The molecule has 0 heterocycles. The maximum Gasteiger partial charge on any atom is 0.265 e. The minimum atomic E-state index is -0.797. The van der Waals surface area contributed by atoms with Crippen LogP contribution in [0.25, 0.3) is 0 Å². The number of para-hydroxylation sites is 1. The van der Waals surface area contributed by atoms with E-state index < -0.39 is 6.10 Å². The van der Waals surface area contributed by atoms with Crippen LogP contribution in [0.4, 0.5) is 5.69 Å². The first kappa shape index (κ1) is 22.8. The standard InChI is InChI=1S/C19H22ClN3O3.ClH/c1-12-7-8-15(20)17(11-12)26-13(2)18(24)23-16-6-4-3-5-14(16)19(25)22-10-9-21;/h3-8,11,13H,9-10,21H2,1-2H3,(H,22,25)(H,23,24);1H. The molecule has 0 fully saturated rings. The van der Waals surface area contributed by atoms with E-state index in [0.29, 0.717) is 35.1 Å². The summed E-state index contributed by atoms with van der Waals surface area (Å²) in [6.45, 7) is 4.21. The Labute approximate surface area is 169 Å². The lowest BCUT2D eigenvalue weighted by molar-refractivity contribution is -0.122. The molecule has 0 saturated carbocycles. The van der Waals surface area contributed by atoms with E-state index in [4.69, 9.17) is 22.1 Å². The van der Waals surface area contributed by atoms with Crippen molar-refractivity contribution in [3.63, 3.8) is 0 Å². The Bertz CT molecular complexity index is 800. The number of hydrogen-bond donors (Lipinski definition) is 3. The lowest BCUT2D eigenvalue weighted by Gasteiger charge is -2.17. The van der Waals surface area contributed by atoms with Gasteiger partial charge in [-0.15, -0.1) is 12.4 Å².